The highest BCUT2D eigenvalue weighted by Gasteiger charge is 2.18. The van der Waals surface area contributed by atoms with Crippen LogP contribution in [0.3, 0.4) is 0 Å². The van der Waals surface area contributed by atoms with Crippen LogP contribution in [0, 0.1) is 0 Å². The van der Waals surface area contributed by atoms with Gasteiger partial charge < -0.3 is 14.8 Å². The van der Waals surface area contributed by atoms with E-state index < -0.39 is 0 Å². The molecule has 1 rings (SSSR count). The van der Waals surface area contributed by atoms with Gasteiger partial charge in [-0.05, 0) is 38.5 Å². The smallest absolute Gasteiger partial charge is 0.258 e. The zero-order valence-corrected chi connectivity index (χ0v) is 12.4. The summed E-state index contributed by atoms with van der Waals surface area (Å²) in [4.78, 5) is 22.7. The number of hydrogen-bond donors (Lipinski definition) is 1. The van der Waals surface area contributed by atoms with E-state index in [2.05, 4.69) is 5.32 Å². The molecule has 0 radical (unpaired) electrons. The van der Waals surface area contributed by atoms with Crippen molar-refractivity contribution in [3.8, 4) is 11.5 Å². The first-order valence-corrected chi connectivity index (χ1v) is 6.49. The van der Waals surface area contributed by atoms with Gasteiger partial charge in [0.2, 0.25) is 0 Å². The Bertz CT molecular complexity index is 483. The Kier molecular flexibility index (Phi) is 5.55. The van der Waals surface area contributed by atoms with Crippen molar-refractivity contribution in [2.45, 2.75) is 32.7 Å². The summed E-state index contributed by atoms with van der Waals surface area (Å²) >= 11 is 0. The average Bonchev–Trinajstić information content (AvgIpc) is 2.44. The van der Waals surface area contributed by atoms with Crippen LogP contribution in [0.25, 0.3) is 0 Å². The molecule has 0 spiro atoms. The Hall–Kier alpha value is -2.04. The average molecular weight is 279 g/mol. The highest BCUT2D eigenvalue weighted by molar-refractivity contribution is 5.81. The van der Waals surface area contributed by atoms with E-state index in [-0.39, 0.29) is 18.1 Å². The van der Waals surface area contributed by atoms with Crippen LogP contribution in [-0.2, 0) is 4.79 Å². The molecule has 20 heavy (non-hydrogen) atoms. The van der Waals surface area contributed by atoms with Crippen LogP contribution in [-0.4, -0.2) is 31.4 Å². The second-order valence-electron chi connectivity index (χ2n) is 5.10. The van der Waals surface area contributed by atoms with Crippen molar-refractivity contribution in [1.29, 1.82) is 0 Å². The van der Waals surface area contributed by atoms with Crippen molar-refractivity contribution in [1.82, 2.24) is 5.32 Å². The van der Waals surface area contributed by atoms with Crippen molar-refractivity contribution >= 4 is 12.2 Å². The SMILES string of the molecule is CCC(C)(C)NC(=O)COc1ccc(OC)cc1C=O. The van der Waals surface area contributed by atoms with Gasteiger partial charge in [0.25, 0.3) is 5.91 Å². The third-order valence-corrected chi connectivity index (χ3v) is 3.06. The number of carbonyl (C=O) groups excluding carboxylic acids is 2. The van der Waals surface area contributed by atoms with Gasteiger partial charge in [-0.25, -0.2) is 0 Å². The van der Waals surface area contributed by atoms with Gasteiger partial charge in [0.05, 0.1) is 12.7 Å². The number of methoxy groups -OCH3 is 1. The summed E-state index contributed by atoms with van der Waals surface area (Å²) < 4.78 is 10.4. The summed E-state index contributed by atoms with van der Waals surface area (Å²) in [6.45, 7) is 5.75. The Labute approximate surface area is 119 Å². The number of carbonyl (C=O) groups is 2. The lowest BCUT2D eigenvalue weighted by Crippen LogP contribution is -2.44. The molecule has 1 aromatic rings. The van der Waals surface area contributed by atoms with E-state index in [0.29, 0.717) is 23.3 Å². The van der Waals surface area contributed by atoms with E-state index in [1.165, 1.54) is 7.11 Å². The quantitative estimate of drug-likeness (QED) is 0.777. The summed E-state index contributed by atoms with van der Waals surface area (Å²) in [5, 5.41) is 2.86. The minimum atomic E-state index is -0.270. The van der Waals surface area contributed by atoms with Crippen LogP contribution in [0.15, 0.2) is 18.2 Å². The number of rotatable bonds is 7. The Balaban J connectivity index is 2.66. The molecule has 1 aromatic carbocycles. The third-order valence-electron chi connectivity index (χ3n) is 3.06. The molecule has 5 nitrogen and oxygen atoms in total. The first kappa shape index (κ1) is 16.0. The van der Waals surface area contributed by atoms with Crippen LogP contribution >= 0.6 is 0 Å². The predicted octanol–water partition coefficient (Wildman–Crippen LogP) is 2.19. The lowest BCUT2D eigenvalue weighted by molar-refractivity contribution is -0.124. The molecule has 0 bridgehead atoms. The second-order valence-corrected chi connectivity index (χ2v) is 5.10. The minimum absolute atomic E-state index is 0.128. The monoisotopic (exact) mass is 279 g/mol. The maximum Gasteiger partial charge on any atom is 0.258 e. The van der Waals surface area contributed by atoms with E-state index >= 15 is 0 Å². The van der Waals surface area contributed by atoms with Crippen LogP contribution in [0.5, 0.6) is 11.5 Å². The van der Waals surface area contributed by atoms with Gasteiger partial charge in [-0.3, -0.25) is 9.59 Å². The van der Waals surface area contributed by atoms with Gasteiger partial charge in [0.15, 0.2) is 12.9 Å². The number of nitrogens with one attached hydrogen (secondary N) is 1. The number of amides is 1. The molecule has 0 aliphatic heterocycles. The fraction of sp³-hybridized carbons (Fsp3) is 0.467. The Morgan fingerprint density at radius 2 is 2.10 bits per heavy atom. The second kappa shape index (κ2) is 6.93. The van der Waals surface area contributed by atoms with Gasteiger partial charge in [-0.1, -0.05) is 6.92 Å². The van der Waals surface area contributed by atoms with Gasteiger partial charge in [0.1, 0.15) is 11.5 Å². The predicted molar refractivity (Wildman–Crippen MR) is 76.4 cm³/mol. The van der Waals surface area contributed by atoms with Crippen molar-refractivity contribution in [3.63, 3.8) is 0 Å². The van der Waals surface area contributed by atoms with E-state index in [1.807, 2.05) is 20.8 Å². The number of benzene rings is 1. The maximum atomic E-state index is 11.8. The topological polar surface area (TPSA) is 64.6 Å². The van der Waals surface area contributed by atoms with Gasteiger partial charge in [-0.2, -0.15) is 0 Å². The number of ether oxygens (including phenoxy) is 2. The molecular weight excluding hydrogens is 258 g/mol. The van der Waals surface area contributed by atoms with Gasteiger partial charge in [0, 0.05) is 5.54 Å². The minimum Gasteiger partial charge on any atom is -0.497 e. The number of aldehydes is 1. The molecule has 0 aliphatic carbocycles. The first-order valence-electron chi connectivity index (χ1n) is 6.49. The van der Waals surface area contributed by atoms with E-state index in [4.69, 9.17) is 9.47 Å². The molecule has 110 valence electrons. The Morgan fingerprint density at radius 3 is 2.65 bits per heavy atom. The zero-order chi connectivity index (χ0) is 15.2. The van der Waals surface area contributed by atoms with Crippen LogP contribution in [0.4, 0.5) is 0 Å². The molecule has 0 saturated heterocycles. The summed E-state index contributed by atoms with van der Waals surface area (Å²) in [5.74, 6) is 0.714. The molecule has 0 saturated carbocycles. The maximum absolute atomic E-state index is 11.8. The standard InChI is InChI=1S/C15H21NO4/c1-5-15(2,3)16-14(18)10-20-13-7-6-12(19-4)8-11(13)9-17/h6-9H,5,10H2,1-4H3,(H,16,18). The van der Waals surface area contributed by atoms with E-state index in [9.17, 15) is 9.59 Å². The van der Waals surface area contributed by atoms with Crippen molar-refractivity contribution in [2.24, 2.45) is 0 Å². The fourth-order valence-electron chi connectivity index (χ4n) is 1.52. The van der Waals surface area contributed by atoms with Gasteiger partial charge in [-0.15, -0.1) is 0 Å². The normalized spacial score (nSPS) is 10.8. The van der Waals surface area contributed by atoms with Crippen molar-refractivity contribution in [2.75, 3.05) is 13.7 Å². The Morgan fingerprint density at radius 1 is 1.40 bits per heavy atom. The molecule has 0 aromatic heterocycles. The molecule has 1 amide bonds. The van der Waals surface area contributed by atoms with E-state index in [1.54, 1.807) is 18.2 Å². The van der Waals surface area contributed by atoms with Crippen molar-refractivity contribution < 1.29 is 19.1 Å². The van der Waals surface area contributed by atoms with Crippen LogP contribution in [0.1, 0.15) is 37.6 Å². The molecule has 0 fully saturated rings. The molecule has 1 N–H and O–H groups in total. The largest absolute Gasteiger partial charge is 0.497 e. The van der Waals surface area contributed by atoms with Gasteiger partial charge >= 0.3 is 0 Å². The fourth-order valence-corrected chi connectivity index (χ4v) is 1.52. The number of hydrogen-bond acceptors (Lipinski definition) is 4. The molecule has 5 heteroatoms. The summed E-state index contributed by atoms with van der Waals surface area (Å²) in [6.07, 6.45) is 1.49. The van der Waals surface area contributed by atoms with Crippen molar-refractivity contribution in [3.05, 3.63) is 23.8 Å². The lowest BCUT2D eigenvalue weighted by atomic mass is 10.0. The lowest BCUT2D eigenvalue weighted by Gasteiger charge is -2.24. The summed E-state index contributed by atoms with van der Waals surface area (Å²) in [5.41, 5.74) is 0.0836. The van der Waals surface area contributed by atoms with Crippen LogP contribution < -0.4 is 14.8 Å². The molecule has 0 unspecified atom stereocenters. The molecule has 0 atom stereocenters. The van der Waals surface area contributed by atoms with E-state index in [0.717, 1.165) is 6.42 Å². The highest BCUT2D eigenvalue weighted by atomic mass is 16.5. The highest BCUT2D eigenvalue weighted by Crippen LogP contribution is 2.22. The molecule has 0 aliphatic rings. The third kappa shape index (κ3) is 4.57. The summed E-state index contributed by atoms with van der Waals surface area (Å²) in [7, 11) is 1.52. The molecule has 0 heterocycles. The molecular formula is C15H21NO4. The first-order chi connectivity index (χ1) is 9.41. The zero-order valence-electron chi connectivity index (χ0n) is 12.4. The summed E-state index contributed by atoms with van der Waals surface area (Å²) in [6, 6.07) is 4.85. The van der Waals surface area contributed by atoms with Crippen LogP contribution in [0.2, 0.25) is 0 Å².